The van der Waals surface area contributed by atoms with E-state index < -0.39 is 47.3 Å². The lowest BCUT2D eigenvalue weighted by Gasteiger charge is -2.61. The van der Waals surface area contributed by atoms with Gasteiger partial charge in [0.05, 0.1) is 18.1 Å². The molecule has 1 saturated heterocycles. The van der Waals surface area contributed by atoms with Crippen molar-refractivity contribution in [3.63, 3.8) is 0 Å². The molecule has 4 aliphatic rings. The number of rotatable bonds is 4. The Hall–Kier alpha value is -3.32. The number of likely N-dealkylation sites (N-methyl/N-ethyl adjacent to an activating group) is 1. The number of carboxylic acid groups (broad SMARTS) is 1. The molecule has 0 aromatic heterocycles. The van der Waals surface area contributed by atoms with Gasteiger partial charge in [0.1, 0.15) is 5.76 Å². The highest BCUT2D eigenvalue weighted by Gasteiger charge is 2.72. The summed E-state index contributed by atoms with van der Waals surface area (Å²) in [5.74, 6) is -2.42. The smallest absolute Gasteiger partial charge is 0.490 e. The number of benzene rings is 1. The number of carbonyl (C=O) groups is 3. The molecular weight excluding hydrogens is 515 g/mol. The molecule has 10 nitrogen and oxygen atoms in total. The molecular formula is C25H28F3NO9. The Morgan fingerprint density at radius 1 is 1.26 bits per heavy atom. The molecule has 2 bridgehead atoms. The molecule has 2 aliphatic carbocycles. The fourth-order valence-electron chi connectivity index (χ4n) is 6.08. The summed E-state index contributed by atoms with van der Waals surface area (Å²) in [6.07, 6.45) is -3.34. The zero-order chi connectivity index (χ0) is 28.2. The highest BCUT2D eigenvalue weighted by Crippen LogP contribution is 2.65. The number of likely N-dealkylation sites (tertiary alicyclic amines) is 1. The van der Waals surface area contributed by atoms with Crippen LogP contribution in [-0.2, 0) is 35.7 Å². The molecule has 0 saturated carbocycles. The summed E-state index contributed by atoms with van der Waals surface area (Å²) in [6.45, 7) is 3.50. The highest BCUT2D eigenvalue weighted by atomic mass is 19.4. The second-order valence-electron chi connectivity index (χ2n) is 9.76. The molecule has 5 atom stereocenters. The van der Waals surface area contributed by atoms with Crippen molar-refractivity contribution in [3.05, 3.63) is 35.1 Å². The third-order valence-electron chi connectivity index (χ3n) is 7.69. The molecule has 0 radical (unpaired) electrons. The van der Waals surface area contributed by atoms with E-state index in [1.165, 1.54) is 13.8 Å². The topological polar surface area (TPSA) is 132 Å². The third-order valence-corrected chi connectivity index (χ3v) is 7.69. The fourth-order valence-corrected chi connectivity index (χ4v) is 6.08. The first-order valence-electron chi connectivity index (χ1n) is 11.9. The first kappa shape index (κ1) is 27.7. The number of esters is 2. The van der Waals surface area contributed by atoms with E-state index >= 15 is 0 Å². The van der Waals surface area contributed by atoms with Crippen LogP contribution < -0.4 is 9.47 Å². The van der Waals surface area contributed by atoms with Crippen molar-refractivity contribution in [3.8, 4) is 11.5 Å². The average molecular weight is 543 g/mol. The van der Waals surface area contributed by atoms with Crippen LogP contribution in [-0.4, -0.2) is 83.8 Å². The van der Waals surface area contributed by atoms with Crippen LogP contribution in [0, 0.1) is 0 Å². The van der Waals surface area contributed by atoms with Crippen LogP contribution in [0.25, 0.3) is 0 Å². The predicted octanol–water partition coefficient (Wildman–Crippen LogP) is 2.10. The largest absolute Gasteiger partial charge is 0.493 e. The minimum Gasteiger partial charge on any atom is -0.493 e. The van der Waals surface area contributed by atoms with Crippen LogP contribution in [0.4, 0.5) is 13.2 Å². The lowest BCUT2D eigenvalue weighted by Crippen LogP contribution is -2.74. The van der Waals surface area contributed by atoms with E-state index in [1.807, 2.05) is 19.2 Å². The van der Waals surface area contributed by atoms with Gasteiger partial charge in [0, 0.05) is 24.9 Å². The molecule has 0 amide bonds. The number of piperidine rings is 1. The summed E-state index contributed by atoms with van der Waals surface area (Å²) in [5, 5.41) is 19.2. The predicted molar refractivity (Wildman–Crippen MR) is 122 cm³/mol. The lowest BCUT2D eigenvalue weighted by atomic mass is 9.50. The van der Waals surface area contributed by atoms with Crippen LogP contribution in [0.3, 0.4) is 0 Å². The van der Waals surface area contributed by atoms with Gasteiger partial charge < -0.3 is 34.1 Å². The lowest BCUT2D eigenvalue weighted by molar-refractivity contribution is -0.192. The Balaban J connectivity index is 0.000000426. The molecule has 13 heteroatoms. The Kier molecular flexibility index (Phi) is 6.89. The molecule has 1 aromatic carbocycles. The molecule has 1 spiro atoms. The molecule has 1 aromatic rings. The molecule has 2 heterocycles. The van der Waals surface area contributed by atoms with Crippen molar-refractivity contribution in [2.24, 2.45) is 0 Å². The summed E-state index contributed by atoms with van der Waals surface area (Å²) in [5.41, 5.74) is 0.294. The Bertz CT molecular complexity index is 1200. The molecule has 1 unspecified atom stereocenters. The summed E-state index contributed by atoms with van der Waals surface area (Å²) in [4.78, 5) is 34.9. The number of hydrogen-bond donors (Lipinski definition) is 2. The number of halogens is 3. The van der Waals surface area contributed by atoms with Crippen molar-refractivity contribution < 1.29 is 56.7 Å². The standard InChI is InChI=1S/C23H27NO7.C2HF3O2/c1-12(29-13(2)25)21(26)30-16-7-8-23(27)17-11-14-5-6-15(28-4)19-18(14)22(23,20(16)31-19)9-10-24(17)3;3-2(4,5)1(6)7/h5-7,12,17,20,27H,8-11H2,1-4H3;(H,6,7)/t12-,17?,20-,22-,23-;/m0./s1. The maximum absolute atomic E-state index is 12.6. The molecule has 2 N–H and O–H groups in total. The van der Waals surface area contributed by atoms with Gasteiger partial charge in [-0.2, -0.15) is 13.2 Å². The van der Waals surface area contributed by atoms with Crippen LogP contribution in [0.15, 0.2) is 24.0 Å². The first-order chi connectivity index (χ1) is 17.7. The molecule has 1 fully saturated rings. The molecule has 38 heavy (non-hydrogen) atoms. The number of carboxylic acids is 1. The van der Waals surface area contributed by atoms with Gasteiger partial charge in [-0.3, -0.25) is 4.79 Å². The highest BCUT2D eigenvalue weighted by molar-refractivity contribution is 5.79. The van der Waals surface area contributed by atoms with E-state index in [0.717, 1.165) is 17.7 Å². The van der Waals surface area contributed by atoms with Crippen LogP contribution >= 0.6 is 0 Å². The fraction of sp³-hybridized carbons (Fsp3) is 0.560. The second kappa shape index (κ2) is 9.45. The van der Waals surface area contributed by atoms with Crippen molar-refractivity contribution >= 4 is 17.9 Å². The number of methoxy groups -OCH3 is 1. The Labute approximate surface area is 215 Å². The summed E-state index contributed by atoms with van der Waals surface area (Å²) < 4.78 is 54.4. The number of hydrogen-bond acceptors (Lipinski definition) is 9. The van der Waals surface area contributed by atoms with Gasteiger partial charge in [-0.05, 0) is 51.1 Å². The molecule has 208 valence electrons. The zero-order valence-corrected chi connectivity index (χ0v) is 21.1. The maximum atomic E-state index is 12.6. The quantitative estimate of drug-likeness (QED) is 0.545. The van der Waals surface area contributed by atoms with E-state index in [9.17, 15) is 27.9 Å². The number of alkyl halides is 3. The van der Waals surface area contributed by atoms with E-state index in [1.54, 1.807) is 13.2 Å². The van der Waals surface area contributed by atoms with Crippen LogP contribution in [0.1, 0.15) is 37.8 Å². The van der Waals surface area contributed by atoms with E-state index in [4.69, 9.17) is 28.8 Å². The van der Waals surface area contributed by atoms with Crippen molar-refractivity contribution in [1.82, 2.24) is 4.90 Å². The maximum Gasteiger partial charge on any atom is 0.490 e. The van der Waals surface area contributed by atoms with E-state index in [2.05, 4.69) is 4.90 Å². The number of aliphatic carboxylic acids is 1. The van der Waals surface area contributed by atoms with E-state index in [0.29, 0.717) is 36.5 Å². The van der Waals surface area contributed by atoms with Crippen LogP contribution in [0.2, 0.25) is 0 Å². The van der Waals surface area contributed by atoms with Gasteiger partial charge in [0.25, 0.3) is 0 Å². The van der Waals surface area contributed by atoms with Crippen molar-refractivity contribution in [2.45, 2.75) is 68.6 Å². The zero-order valence-electron chi connectivity index (χ0n) is 21.1. The van der Waals surface area contributed by atoms with Gasteiger partial charge in [0.15, 0.2) is 23.7 Å². The average Bonchev–Trinajstić information content (AvgIpc) is 3.18. The van der Waals surface area contributed by atoms with Gasteiger partial charge in [0.2, 0.25) is 0 Å². The Morgan fingerprint density at radius 2 is 1.92 bits per heavy atom. The van der Waals surface area contributed by atoms with Crippen molar-refractivity contribution in [1.29, 1.82) is 0 Å². The number of ether oxygens (including phenoxy) is 4. The van der Waals surface area contributed by atoms with Crippen molar-refractivity contribution in [2.75, 3.05) is 20.7 Å². The van der Waals surface area contributed by atoms with Gasteiger partial charge in [-0.15, -0.1) is 0 Å². The third kappa shape index (κ3) is 4.17. The van der Waals surface area contributed by atoms with E-state index in [-0.39, 0.29) is 6.04 Å². The minimum absolute atomic E-state index is 0.0762. The van der Waals surface area contributed by atoms with Gasteiger partial charge >= 0.3 is 24.1 Å². The Morgan fingerprint density at radius 3 is 2.50 bits per heavy atom. The molecule has 5 rings (SSSR count). The molecule has 2 aliphatic heterocycles. The SMILES string of the molecule is COc1ccc2c3c1O[C@H]1C(OC(=O)[C@H](C)OC(C)=O)=CC[C@]4(O)C(C2)N(C)CC[C@]314.O=C(O)C(F)(F)F. The van der Waals surface area contributed by atoms with Crippen LogP contribution in [0.5, 0.6) is 11.5 Å². The normalized spacial score (nSPS) is 29.4. The summed E-state index contributed by atoms with van der Waals surface area (Å²) in [7, 11) is 3.63. The number of nitrogens with zero attached hydrogens (tertiary/aromatic N) is 1. The number of aliphatic hydroxyl groups is 1. The van der Waals surface area contributed by atoms with Gasteiger partial charge in [-0.1, -0.05) is 6.07 Å². The first-order valence-corrected chi connectivity index (χ1v) is 11.9. The minimum atomic E-state index is -5.08. The second-order valence-corrected chi connectivity index (χ2v) is 9.76. The summed E-state index contributed by atoms with van der Waals surface area (Å²) in [6, 6.07) is 3.86. The monoisotopic (exact) mass is 543 g/mol. The summed E-state index contributed by atoms with van der Waals surface area (Å²) >= 11 is 0. The number of carbonyl (C=O) groups excluding carboxylic acids is 2. The van der Waals surface area contributed by atoms with Gasteiger partial charge in [-0.25, -0.2) is 9.59 Å².